The maximum atomic E-state index is 2.52. The second-order valence-corrected chi connectivity index (χ2v) is 18.2. The van der Waals surface area contributed by atoms with Gasteiger partial charge in [0.15, 0.2) is 0 Å². The van der Waals surface area contributed by atoms with Gasteiger partial charge in [-0.3, -0.25) is 0 Å². The molecule has 0 aliphatic heterocycles. The van der Waals surface area contributed by atoms with E-state index < -0.39 is 0 Å². The van der Waals surface area contributed by atoms with Crippen molar-refractivity contribution >= 4 is 75.1 Å². The van der Waals surface area contributed by atoms with Crippen molar-refractivity contribution in [3.63, 3.8) is 0 Å². The van der Waals surface area contributed by atoms with Gasteiger partial charge in [-0.15, -0.1) is 11.3 Å². The maximum Gasteiger partial charge on any atom is 0.0547 e. The molecule has 3 heterocycles. The molecule has 0 atom stereocenters. The first kappa shape index (κ1) is 33.6. The lowest BCUT2D eigenvalue weighted by Gasteiger charge is -2.34. The molecule has 1 saturated carbocycles. The van der Waals surface area contributed by atoms with Crippen LogP contribution in [0.3, 0.4) is 0 Å². The fourth-order valence-corrected chi connectivity index (χ4v) is 12.4. The molecule has 286 valence electrons. The van der Waals surface area contributed by atoms with E-state index in [-0.39, 0.29) is 0 Å². The molecular formula is C58H38N2S. The SMILES string of the molecule is c1ccc(-n2c3ccccc3c3cc(-c4cccc5c4c4ccccc4n5-c4cc(-c5ccc6c(c5)-c5ccccc5C5CC6C5)c5sc6ccccc6c5c4)ccc32)cc1. The van der Waals surface area contributed by atoms with Gasteiger partial charge in [-0.25, -0.2) is 0 Å². The Kier molecular flexibility index (Phi) is 6.97. The monoisotopic (exact) mass is 794 g/mol. The predicted octanol–water partition coefficient (Wildman–Crippen LogP) is 16.2. The van der Waals surface area contributed by atoms with Crippen molar-refractivity contribution in [1.29, 1.82) is 0 Å². The Balaban J connectivity index is 1.01. The third-order valence-electron chi connectivity index (χ3n) is 14.0. The molecule has 0 N–H and O–H groups in total. The molecule has 3 aromatic heterocycles. The summed E-state index contributed by atoms with van der Waals surface area (Å²) in [7, 11) is 0. The average Bonchev–Trinajstić information content (AvgIpc) is 3.90. The number of hydrogen-bond donors (Lipinski definition) is 0. The topological polar surface area (TPSA) is 9.86 Å². The van der Waals surface area contributed by atoms with Crippen molar-refractivity contribution < 1.29 is 0 Å². The minimum Gasteiger partial charge on any atom is -0.309 e. The molecule has 3 aliphatic carbocycles. The van der Waals surface area contributed by atoms with Crippen LogP contribution in [0, 0.1) is 0 Å². The van der Waals surface area contributed by atoms with Crippen molar-refractivity contribution in [2.45, 2.75) is 24.7 Å². The first-order valence-electron chi connectivity index (χ1n) is 21.6. The van der Waals surface area contributed by atoms with E-state index in [1.807, 2.05) is 11.3 Å². The van der Waals surface area contributed by atoms with Crippen molar-refractivity contribution in [3.05, 3.63) is 205 Å². The number of nitrogens with zero attached hydrogens (tertiary/aromatic N) is 2. The first-order valence-corrected chi connectivity index (χ1v) is 22.4. The van der Waals surface area contributed by atoms with Gasteiger partial charge in [0.2, 0.25) is 0 Å². The van der Waals surface area contributed by atoms with Crippen molar-refractivity contribution in [3.8, 4) is 44.8 Å². The fraction of sp³-hybridized carbons (Fsp3) is 0.0690. The molecule has 2 nitrogen and oxygen atoms in total. The van der Waals surface area contributed by atoms with Gasteiger partial charge in [0, 0.05) is 58.7 Å². The zero-order valence-electron chi connectivity index (χ0n) is 33.3. The van der Waals surface area contributed by atoms with Crippen LogP contribution in [-0.4, -0.2) is 9.13 Å². The van der Waals surface area contributed by atoms with Crippen LogP contribution in [-0.2, 0) is 0 Å². The summed E-state index contributed by atoms with van der Waals surface area (Å²) in [6, 6.07) is 72.9. The van der Waals surface area contributed by atoms with Crippen molar-refractivity contribution in [1.82, 2.24) is 9.13 Å². The van der Waals surface area contributed by atoms with Gasteiger partial charge in [0.05, 0.1) is 22.1 Å². The summed E-state index contributed by atoms with van der Waals surface area (Å²) in [5.74, 6) is 1.32. The quantitative estimate of drug-likeness (QED) is 0.168. The average molecular weight is 795 g/mol. The lowest BCUT2D eigenvalue weighted by Crippen LogP contribution is -2.17. The van der Waals surface area contributed by atoms with E-state index in [9.17, 15) is 0 Å². The van der Waals surface area contributed by atoms with Crippen LogP contribution in [0.15, 0.2) is 194 Å². The van der Waals surface area contributed by atoms with E-state index in [0.29, 0.717) is 11.8 Å². The van der Waals surface area contributed by atoms with E-state index in [4.69, 9.17) is 0 Å². The number of aromatic nitrogens is 2. The molecule has 0 unspecified atom stereocenters. The van der Waals surface area contributed by atoms with Crippen molar-refractivity contribution in [2.75, 3.05) is 0 Å². The van der Waals surface area contributed by atoms with Crippen LogP contribution in [0.25, 0.3) is 109 Å². The van der Waals surface area contributed by atoms with E-state index in [1.165, 1.54) is 133 Å². The zero-order chi connectivity index (χ0) is 39.8. The fourth-order valence-electron chi connectivity index (χ4n) is 11.2. The first-order chi connectivity index (χ1) is 30.2. The van der Waals surface area contributed by atoms with Crippen LogP contribution in [0.1, 0.15) is 35.8 Å². The molecule has 1 fully saturated rings. The normalized spacial score (nSPS) is 15.7. The van der Waals surface area contributed by atoms with E-state index in [0.717, 1.165) is 0 Å². The van der Waals surface area contributed by atoms with Gasteiger partial charge >= 0.3 is 0 Å². The second kappa shape index (κ2) is 12.7. The molecule has 12 aromatic rings. The standard InChI is InChI=1S/C58H38N2S/c1-2-13-39(14-3-1)59-52-21-9-6-17-45(52)50-32-35(26-28-54(50)59)43-20-12-23-55-57(43)47-19-7-10-22-53(47)60(55)40-33-48(58-51(34-40)46-18-8-11-24-56(46)61-58)36-25-27-42-38-29-37(30-38)41-15-4-5-16-44(41)49(42)31-36/h1-28,31-34,37-38H,29-30H2. The smallest absolute Gasteiger partial charge is 0.0547 e. The molecule has 61 heavy (non-hydrogen) atoms. The number of para-hydroxylation sites is 3. The van der Waals surface area contributed by atoms with E-state index in [2.05, 4.69) is 203 Å². The number of hydrogen-bond acceptors (Lipinski definition) is 1. The minimum atomic E-state index is 0.646. The Hall–Kier alpha value is -7.20. The summed E-state index contributed by atoms with van der Waals surface area (Å²) in [5, 5.41) is 7.70. The number of thiophene rings is 1. The molecule has 15 rings (SSSR count). The lowest BCUT2D eigenvalue weighted by molar-refractivity contribution is 0.357. The Morgan fingerprint density at radius 2 is 0.984 bits per heavy atom. The summed E-state index contributed by atoms with van der Waals surface area (Å²) >= 11 is 1.92. The molecule has 3 heteroatoms. The summed E-state index contributed by atoms with van der Waals surface area (Å²) in [4.78, 5) is 0. The van der Waals surface area contributed by atoms with Gasteiger partial charge in [0.25, 0.3) is 0 Å². The molecule has 2 bridgehead atoms. The Bertz CT molecular complexity index is 3780. The number of benzene rings is 9. The summed E-state index contributed by atoms with van der Waals surface area (Å²) < 4.78 is 7.59. The van der Waals surface area contributed by atoms with Gasteiger partial charge in [0.1, 0.15) is 0 Å². The summed E-state index contributed by atoms with van der Waals surface area (Å²) in [5.41, 5.74) is 18.2. The van der Waals surface area contributed by atoms with Crippen LogP contribution >= 0.6 is 11.3 Å². The molecule has 0 saturated heterocycles. The summed E-state index contributed by atoms with van der Waals surface area (Å²) in [6.07, 6.45) is 2.53. The highest BCUT2D eigenvalue weighted by atomic mass is 32.1. The third kappa shape index (κ3) is 4.78. The van der Waals surface area contributed by atoms with Crippen LogP contribution < -0.4 is 0 Å². The van der Waals surface area contributed by atoms with Crippen LogP contribution in [0.5, 0.6) is 0 Å². The molecule has 0 amide bonds. The lowest BCUT2D eigenvalue weighted by atomic mass is 9.70. The maximum absolute atomic E-state index is 2.52. The second-order valence-electron chi connectivity index (χ2n) is 17.2. The van der Waals surface area contributed by atoms with Crippen molar-refractivity contribution in [2.24, 2.45) is 0 Å². The van der Waals surface area contributed by atoms with Gasteiger partial charge in [-0.2, -0.15) is 0 Å². The Morgan fingerprint density at radius 1 is 0.361 bits per heavy atom. The highest BCUT2D eigenvalue weighted by Crippen LogP contribution is 2.56. The highest BCUT2D eigenvalue weighted by Gasteiger charge is 2.37. The van der Waals surface area contributed by atoms with Gasteiger partial charge < -0.3 is 9.13 Å². The third-order valence-corrected chi connectivity index (χ3v) is 15.3. The Labute approximate surface area is 357 Å². The largest absolute Gasteiger partial charge is 0.309 e. The molecular weight excluding hydrogens is 757 g/mol. The van der Waals surface area contributed by atoms with E-state index >= 15 is 0 Å². The zero-order valence-corrected chi connectivity index (χ0v) is 34.2. The summed E-state index contributed by atoms with van der Waals surface area (Å²) in [6.45, 7) is 0. The Morgan fingerprint density at radius 3 is 1.85 bits per heavy atom. The molecule has 3 aliphatic rings. The number of rotatable bonds is 4. The van der Waals surface area contributed by atoms with Gasteiger partial charge in [-0.05, 0) is 130 Å². The van der Waals surface area contributed by atoms with E-state index in [1.54, 1.807) is 0 Å². The molecule has 0 radical (unpaired) electrons. The number of fused-ring (bicyclic) bond motifs is 9. The molecule has 9 aromatic carbocycles. The van der Waals surface area contributed by atoms with Crippen LogP contribution in [0.2, 0.25) is 0 Å². The van der Waals surface area contributed by atoms with Crippen LogP contribution in [0.4, 0.5) is 0 Å². The molecule has 0 spiro atoms. The van der Waals surface area contributed by atoms with Gasteiger partial charge in [-0.1, -0.05) is 127 Å². The minimum absolute atomic E-state index is 0.646. The predicted molar refractivity (Wildman–Crippen MR) is 259 cm³/mol. The highest BCUT2D eigenvalue weighted by molar-refractivity contribution is 7.26.